The number of fused-ring (bicyclic) bond motifs is 1. The summed E-state index contributed by atoms with van der Waals surface area (Å²) < 4.78 is 0. The number of imide groups is 1. The van der Waals surface area contributed by atoms with Crippen LogP contribution in [0.25, 0.3) is 0 Å². The SMILES string of the molecule is C=CCCC(CCCN1C(=O)c2ccccc2C1=O)(C(=O)O)C(=O)O. The van der Waals surface area contributed by atoms with Gasteiger partial charge < -0.3 is 10.2 Å². The maximum atomic E-state index is 12.3. The third-order valence-electron chi connectivity index (χ3n) is 4.46. The molecule has 2 rings (SSSR count). The van der Waals surface area contributed by atoms with Gasteiger partial charge in [-0.3, -0.25) is 24.1 Å². The monoisotopic (exact) mass is 345 g/mol. The maximum absolute atomic E-state index is 12.3. The van der Waals surface area contributed by atoms with E-state index >= 15 is 0 Å². The number of benzene rings is 1. The summed E-state index contributed by atoms with van der Waals surface area (Å²) in [6, 6.07) is 6.42. The van der Waals surface area contributed by atoms with E-state index in [1.165, 1.54) is 6.08 Å². The Morgan fingerprint density at radius 3 is 2.00 bits per heavy atom. The molecule has 0 saturated carbocycles. The van der Waals surface area contributed by atoms with Crippen molar-refractivity contribution in [1.82, 2.24) is 4.90 Å². The number of carbonyl (C=O) groups is 4. The average Bonchev–Trinajstić information content (AvgIpc) is 2.82. The third kappa shape index (κ3) is 3.31. The van der Waals surface area contributed by atoms with Gasteiger partial charge in [0.25, 0.3) is 11.8 Å². The number of aliphatic carboxylic acids is 2. The fourth-order valence-electron chi connectivity index (χ4n) is 2.97. The minimum absolute atomic E-state index is 0.0251. The van der Waals surface area contributed by atoms with Gasteiger partial charge in [-0.25, -0.2) is 0 Å². The minimum Gasteiger partial charge on any atom is -0.480 e. The van der Waals surface area contributed by atoms with Gasteiger partial charge in [-0.2, -0.15) is 0 Å². The Morgan fingerprint density at radius 1 is 1.04 bits per heavy atom. The first kappa shape index (κ1) is 18.4. The molecule has 1 aliphatic rings. The fraction of sp³-hybridized carbons (Fsp3) is 0.333. The fourth-order valence-corrected chi connectivity index (χ4v) is 2.97. The van der Waals surface area contributed by atoms with Crippen molar-refractivity contribution >= 4 is 23.8 Å². The topological polar surface area (TPSA) is 112 Å². The van der Waals surface area contributed by atoms with Crippen molar-refractivity contribution in [3.63, 3.8) is 0 Å². The Morgan fingerprint density at radius 2 is 1.56 bits per heavy atom. The first-order valence-corrected chi connectivity index (χ1v) is 7.88. The van der Waals surface area contributed by atoms with Crippen LogP contribution in [0.5, 0.6) is 0 Å². The molecule has 0 fully saturated rings. The Bertz CT molecular complexity index is 690. The number of allylic oxidation sites excluding steroid dienone is 1. The molecule has 0 aliphatic carbocycles. The molecule has 0 saturated heterocycles. The molecule has 1 aromatic rings. The summed E-state index contributed by atoms with van der Waals surface area (Å²) in [7, 11) is 0. The third-order valence-corrected chi connectivity index (χ3v) is 4.46. The first-order chi connectivity index (χ1) is 11.8. The van der Waals surface area contributed by atoms with Crippen LogP contribution in [0.15, 0.2) is 36.9 Å². The molecule has 0 radical (unpaired) electrons. The van der Waals surface area contributed by atoms with Gasteiger partial charge in [0, 0.05) is 6.54 Å². The van der Waals surface area contributed by atoms with Crippen molar-refractivity contribution < 1.29 is 29.4 Å². The second-order valence-corrected chi connectivity index (χ2v) is 5.93. The minimum atomic E-state index is -1.95. The summed E-state index contributed by atoms with van der Waals surface area (Å²) in [4.78, 5) is 48.6. The largest absolute Gasteiger partial charge is 0.480 e. The van der Waals surface area contributed by atoms with Crippen molar-refractivity contribution in [2.45, 2.75) is 25.7 Å². The smallest absolute Gasteiger partial charge is 0.321 e. The van der Waals surface area contributed by atoms with Crippen LogP contribution < -0.4 is 0 Å². The van der Waals surface area contributed by atoms with Crippen molar-refractivity contribution in [1.29, 1.82) is 0 Å². The summed E-state index contributed by atoms with van der Waals surface area (Å²) in [5.74, 6) is -3.74. The van der Waals surface area contributed by atoms with E-state index in [-0.39, 0.29) is 32.2 Å². The molecule has 0 unspecified atom stereocenters. The Kier molecular flexibility index (Phi) is 5.36. The predicted octanol–water partition coefficient (Wildman–Crippen LogP) is 2.18. The van der Waals surface area contributed by atoms with Crippen LogP contribution in [0.4, 0.5) is 0 Å². The molecular formula is C18H19NO6. The summed E-state index contributed by atoms with van der Waals surface area (Å²) >= 11 is 0. The standard InChI is InChI=1S/C18H19NO6/c1-2-3-9-18(16(22)23,17(24)25)10-6-11-19-14(20)12-7-4-5-8-13(12)15(19)21/h2,4-5,7-8H,1,3,6,9-11H2,(H,22,23)(H,24,25). The molecule has 25 heavy (non-hydrogen) atoms. The van der Waals surface area contributed by atoms with E-state index in [4.69, 9.17) is 0 Å². The van der Waals surface area contributed by atoms with Gasteiger partial charge in [0.15, 0.2) is 5.41 Å². The lowest BCUT2D eigenvalue weighted by molar-refractivity contribution is -0.165. The molecule has 132 valence electrons. The molecule has 0 spiro atoms. The Balaban J connectivity index is 2.09. The highest BCUT2D eigenvalue weighted by Crippen LogP contribution is 2.32. The van der Waals surface area contributed by atoms with E-state index in [0.29, 0.717) is 11.1 Å². The zero-order chi connectivity index (χ0) is 18.6. The van der Waals surface area contributed by atoms with Crippen molar-refractivity contribution in [3.05, 3.63) is 48.0 Å². The number of hydrogen-bond donors (Lipinski definition) is 2. The molecule has 1 aromatic carbocycles. The van der Waals surface area contributed by atoms with Crippen LogP contribution in [0.1, 0.15) is 46.4 Å². The molecular weight excluding hydrogens is 326 g/mol. The van der Waals surface area contributed by atoms with Crippen LogP contribution in [0, 0.1) is 5.41 Å². The number of carboxylic acid groups (broad SMARTS) is 2. The number of carboxylic acids is 2. The Hall–Kier alpha value is -2.96. The lowest BCUT2D eigenvalue weighted by Crippen LogP contribution is -2.40. The predicted molar refractivity (Wildman–Crippen MR) is 88.2 cm³/mol. The van der Waals surface area contributed by atoms with Gasteiger partial charge in [0.2, 0.25) is 0 Å². The van der Waals surface area contributed by atoms with E-state index in [9.17, 15) is 29.4 Å². The highest BCUT2D eigenvalue weighted by atomic mass is 16.4. The molecule has 0 bridgehead atoms. The quantitative estimate of drug-likeness (QED) is 0.403. The lowest BCUT2D eigenvalue weighted by atomic mass is 9.79. The number of rotatable bonds is 9. The van der Waals surface area contributed by atoms with E-state index < -0.39 is 29.2 Å². The lowest BCUT2D eigenvalue weighted by Gasteiger charge is -2.25. The molecule has 2 amide bonds. The van der Waals surface area contributed by atoms with Crippen LogP contribution in [-0.2, 0) is 9.59 Å². The summed E-state index contributed by atoms with van der Waals surface area (Å²) in [5, 5.41) is 18.8. The summed E-state index contributed by atoms with van der Waals surface area (Å²) in [5.41, 5.74) is -1.34. The van der Waals surface area contributed by atoms with Gasteiger partial charge in [-0.1, -0.05) is 18.2 Å². The number of carbonyl (C=O) groups excluding carboxylic acids is 2. The van der Waals surface area contributed by atoms with E-state index in [1.807, 2.05) is 0 Å². The van der Waals surface area contributed by atoms with Crippen LogP contribution in [0.3, 0.4) is 0 Å². The second kappa shape index (κ2) is 7.29. The van der Waals surface area contributed by atoms with Gasteiger partial charge in [-0.05, 0) is 37.8 Å². The van der Waals surface area contributed by atoms with Crippen LogP contribution in [0.2, 0.25) is 0 Å². The zero-order valence-electron chi connectivity index (χ0n) is 13.6. The maximum Gasteiger partial charge on any atom is 0.321 e. The highest BCUT2D eigenvalue weighted by Gasteiger charge is 2.45. The van der Waals surface area contributed by atoms with Crippen molar-refractivity contribution in [2.24, 2.45) is 5.41 Å². The number of nitrogens with zero attached hydrogens (tertiary/aromatic N) is 1. The number of amides is 2. The summed E-state index contributed by atoms with van der Waals surface area (Å²) in [6.45, 7) is 3.46. The first-order valence-electron chi connectivity index (χ1n) is 7.88. The number of hydrogen-bond acceptors (Lipinski definition) is 4. The van der Waals surface area contributed by atoms with E-state index in [0.717, 1.165) is 4.90 Å². The molecule has 0 aromatic heterocycles. The average molecular weight is 345 g/mol. The van der Waals surface area contributed by atoms with Gasteiger partial charge in [0.05, 0.1) is 11.1 Å². The molecule has 1 heterocycles. The van der Waals surface area contributed by atoms with Gasteiger partial charge >= 0.3 is 11.9 Å². The highest BCUT2D eigenvalue weighted by molar-refractivity contribution is 6.21. The molecule has 2 N–H and O–H groups in total. The van der Waals surface area contributed by atoms with Gasteiger partial charge in [-0.15, -0.1) is 6.58 Å². The molecule has 7 heteroatoms. The van der Waals surface area contributed by atoms with Crippen LogP contribution in [-0.4, -0.2) is 45.4 Å². The molecule has 7 nitrogen and oxygen atoms in total. The molecule has 1 aliphatic heterocycles. The normalized spacial score (nSPS) is 13.7. The van der Waals surface area contributed by atoms with Gasteiger partial charge in [0.1, 0.15) is 0 Å². The van der Waals surface area contributed by atoms with Crippen molar-refractivity contribution in [2.75, 3.05) is 6.54 Å². The Labute approximate surface area is 144 Å². The molecule has 0 atom stereocenters. The van der Waals surface area contributed by atoms with E-state index in [2.05, 4.69) is 6.58 Å². The van der Waals surface area contributed by atoms with E-state index in [1.54, 1.807) is 24.3 Å². The summed E-state index contributed by atoms with van der Waals surface area (Å²) in [6.07, 6.45) is 1.51. The second-order valence-electron chi connectivity index (χ2n) is 5.93. The van der Waals surface area contributed by atoms with Crippen LogP contribution >= 0.6 is 0 Å². The van der Waals surface area contributed by atoms with Crippen molar-refractivity contribution in [3.8, 4) is 0 Å². The zero-order valence-corrected chi connectivity index (χ0v) is 13.6.